The molecule has 4 atom stereocenters. The molecule has 0 aliphatic carbocycles. The summed E-state index contributed by atoms with van der Waals surface area (Å²) in [6, 6.07) is 5.73. The number of hydrogen-bond donors (Lipinski definition) is 1. The highest BCUT2D eigenvalue weighted by Gasteiger charge is 2.33. The lowest BCUT2D eigenvalue weighted by molar-refractivity contribution is 0.0863. The molecule has 1 aromatic carbocycles. The third-order valence-electron chi connectivity index (χ3n) is 5.18. The number of benzene rings is 1. The van der Waals surface area contributed by atoms with Crippen molar-refractivity contribution in [3.8, 4) is 11.5 Å². The summed E-state index contributed by atoms with van der Waals surface area (Å²) in [4.78, 5) is 15.0. The summed E-state index contributed by atoms with van der Waals surface area (Å²) in [6.45, 7) is 6.01. The van der Waals surface area contributed by atoms with E-state index in [0.29, 0.717) is 17.9 Å². The maximum absolute atomic E-state index is 12.6. The van der Waals surface area contributed by atoms with Crippen LogP contribution in [-0.4, -0.2) is 49.2 Å². The maximum atomic E-state index is 12.6. The Kier molecular flexibility index (Phi) is 3.89. The molecule has 124 valence electrons. The van der Waals surface area contributed by atoms with Gasteiger partial charge in [-0.15, -0.1) is 0 Å². The average molecular weight is 316 g/mol. The molecule has 3 heterocycles. The van der Waals surface area contributed by atoms with Gasteiger partial charge in [-0.05, 0) is 49.9 Å². The predicted octanol–water partition coefficient (Wildman–Crippen LogP) is 2.06. The molecule has 0 radical (unpaired) electrons. The van der Waals surface area contributed by atoms with Gasteiger partial charge >= 0.3 is 0 Å². The van der Waals surface area contributed by atoms with E-state index in [1.165, 1.54) is 19.5 Å². The van der Waals surface area contributed by atoms with E-state index in [1.807, 2.05) is 18.2 Å². The molecule has 5 heteroatoms. The van der Waals surface area contributed by atoms with E-state index in [-0.39, 0.29) is 18.1 Å². The van der Waals surface area contributed by atoms with Gasteiger partial charge in [0, 0.05) is 24.7 Å². The van der Waals surface area contributed by atoms with E-state index in [1.54, 1.807) is 0 Å². The Morgan fingerprint density at radius 2 is 2.26 bits per heavy atom. The van der Waals surface area contributed by atoms with E-state index in [0.717, 1.165) is 31.1 Å². The molecule has 2 bridgehead atoms. The summed E-state index contributed by atoms with van der Waals surface area (Å²) >= 11 is 0. The zero-order valence-corrected chi connectivity index (χ0v) is 13.6. The number of carbonyl (C=O) groups excluding carboxylic acids is 1. The first kappa shape index (κ1) is 14.8. The molecule has 1 amide bonds. The van der Waals surface area contributed by atoms with Crippen LogP contribution in [0.4, 0.5) is 0 Å². The number of fused-ring (bicyclic) bond motifs is 3. The fourth-order valence-electron chi connectivity index (χ4n) is 3.89. The van der Waals surface area contributed by atoms with Crippen molar-refractivity contribution in [3.05, 3.63) is 23.8 Å². The van der Waals surface area contributed by atoms with E-state index in [4.69, 9.17) is 9.47 Å². The van der Waals surface area contributed by atoms with Crippen molar-refractivity contribution in [3.63, 3.8) is 0 Å². The number of nitrogens with one attached hydrogen (secondary N) is 1. The van der Waals surface area contributed by atoms with Crippen molar-refractivity contribution in [2.75, 3.05) is 26.2 Å². The second-order valence-electron chi connectivity index (χ2n) is 6.94. The standard InChI is InChI=1S/C18H24N2O3/c1-2-15-11-22-16-4-3-13(8-17(16)23-15)18(21)19-14-7-12-5-6-20(9-12)10-14/h3-4,8,12,14-15H,2,5-7,9-11H2,1H3,(H,19,21). The van der Waals surface area contributed by atoms with Crippen molar-refractivity contribution in [2.24, 2.45) is 5.92 Å². The molecular weight excluding hydrogens is 292 g/mol. The third-order valence-corrected chi connectivity index (χ3v) is 5.18. The highest BCUT2D eigenvalue weighted by atomic mass is 16.6. The van der Waals surface area contributed by atoms with E-state index < -0.39 is 0 Å². The molecule has 2 saturated heterocycles. The van der Waals surface area contributed by atoms with Crippen LogP contribution in [0.1, 0.15) is 36.5 Å². The maximum Gasteiger partial charge on any atom is 0.251 e. The third kappa shape index (κ3) is 3.02. The first-order chi connectivity index (χ1) is 11.2. The monoisotopic (exact) mass is 316 g/mol. The van der Waals surface area contributed by atoms with Crippen LogP contribution in [-0.2, 0) is 0 Å². The molecule has 4 rings (SSSR count). The molecular formula is C18H24N2O3. The molecule has 1 N–H and O–H groups in total. The van der Waals surface area contributed by atoms with Gasteiger partial charge in [-0.2, -0.15) is 0 Å². The van der Waals surface area contributed by atoms with Crippen LogP contribution in [0.25, 0.3) is 0 Å². The lowest BCUT2D eigenvalue weighted by atomic mass is 9.96. The minimum atomic E-state index is -0.0116. The Morgan fingerprint density at radius 1 is 1.35 bits per heavy atom. The Morgan fingerprint density at radius 3 is 3.09 bits per heavy atom. The number of nitrogens with zero attached hydrogens (tertiary/aromatic N) is 1. The number of amides is 1. The first-order valence-electron chi connectivity index (χ1n) is 8.68. The molecule has 23 heavy (non-hydrogen) atoms. The topological polar surface area (TPSA) is 50.8 Å². The van der Waals surface area contributed by atoms with Crippen LogP contribution >= 0.6 is 0 Å². The molecule has 2 fully saturated rings. The Bertz CT molecular complexity index is 592. The van der Waals surface area contributed by atoms with Crippen molar-refractivity contribution in [2.45, 2.75) is 38.3 Å². The summed E-state index contributed by atoms with van der Waals surface area (Å²) in [7, 11) is 0. The molecule has 3 aliphatic rings. The van der Waals surface area contributed by atoms with Crippen molar-refractivity contribution in [1.82, 2.24) is 10.2 Å². The van der Waals surface area contributed by atoms with Gasteiger partial charge in [-0.1, -0.05) is 6.92 Å². The number of carbonyl (C=O) groups is 1. The Hall–Kier alpha value is -1.75. The van der Waals surface area contributed by atoms with Crippen molar-refractivity contribution >= 4 is 5.91 Å². The van der Waals surface area contributed by atoms with Gasteiger partial charge < -0.3 is 19.7 Å². The number of hydrogen-bond acceptors (Lipinski definition) is 4. The minimum absolute atomic E-state index is 0.0116. The van der Waals surface area contributed by atoms with Crippen LogP contribution in [0.3, 0.4) is 0 Å². The molecule has 3 aliphatic heterocycles. The first-order valence-corrected chi connectivity index (χ1v) is 8.68. The largest absolute Gasteiger partial charge is 0.486 e. The predicted molar refractivity (Wildman–Crippen MR) is 87.1 cm³/mol. The highest BCUT2D eigenvalue weighted by molar-refractivity contribution is 5.95. The van der Waals surface area contributed by atoms with Gasteiger partial charge in [-0.25, -0.2) is 0 Å². The molecule has 1 aromatic rings. The molecule has 5 nitrogen and oxygen atoms in total. The van der Waals surface area contributed by atoms with Crippen LogP contribution < -0.4 is 14.8 Å². The summed E-state index contributed by atoms with van der Waals surface area (Å²) in [5.41, 5.74) is 0.650. The fourth-order valence-corrected chi connectivity index (χ4v) is 3.89. The van der Waals surface area contributed by atoms with Gasteiger partial charge in [-0.3, -0.25) is 4.79 Å². The van der Waals surface area contributed by atoms with E-state index >= 15 is 0 Å². The molecule has 0 aromatic heterocycles. The lowest BCUT2D eigenvalue weighted by Gasteiger charge is -2.30. The van der Waals surface area contributed by atoms with E-state index in [9.17, 15) is 4.79 Å². The summed E-state index contributed by atoms with van der Waals surface area (Å²) in [6.07, 6.45) is 3.34. The van der Waals surface area contributed by atoms with Crippen LogP contribution in [0, 0.1) is 5.92 Å². The van der Waals surface area contributed by atoms with Gasteiger partial charge in [0.25, 0.3) is 5.91 Å². The molecule has 0 spiro atoms. The Labute approximate surface area is 136 Å². The van der Waals surface area contributed by atoms with Gasteiger partial charge in [0.2, 0.25) is 0 Å². The summed E-state index contributed by atoms with van der Waals surface area (Å²) in [5.74, 6) is 2.15. The Balaban J connectivity index is 1.44. The average Bonchev–Trinajstić information content (AvgIpc) is 2.92. The smallest absolute Gasteiger partial charge is 0.251 e. The van der Waals surface area contributed by atoms with Gasteiger partial charge in [0.05, 0.1) is 0 Å². The van der Waals surface area contributed by atoms with Crippen LogP contribution in [0.2, 0.25) is 0 Å². The van der Waals surface area contributed by atoms with Crippen LogP contribution in [0.15, 0.2) is 18.2 Å². The number of ether oxygens (including phenoxy) is 2. The van der Waals surface area contributed by atoms with Gasteiger partial charge in [0.15, 0.2) is 11.5 Å². The van der Waals surface area contributed by atoms with Crippen molar-refractivity contribution < 1.29 is 14.3 Å². The molecule has 0 saturated carbocycles. The minimum Gasteiger partial charge on any atom is -0.486 e. The van der Waals surface area contributed by atoms with Crippen molar-refractivity contribution in [1.29, 1.82) is 0 Å². The number of piperidine rings is 1. The summed E-state index contributed by atoms with van der Waals surface area (Å²) in [5, 5.41) is 3.19. The zero-order chi connectivity index (χ0) is 15.8. The SMILES string of the molecule is CCC1COc2ccc(C(=O)NC3CC4CCN(C4)C3)cc2O1. The second kappa shape index (κ2) is 6.04. The normalized spacial score (nSPS) is 31.7. The van der Waals surface area contributed by atoms with Crippen LogP contribution in [0.5, 0.6) is 11.5 Å². The second-order valence-corrected chi connectivity index (χ2v) is 6.94. The van der Waals surface area contributed by atoms with Gasteiger partial charge in [0.1, 0.15) is 12.7 Å². The number of rotatable bonds is 3. The lowest BCUT2D eigenvalue weighted by Crippen LogP contribution is -2.47. The fraction of sp³-hybridized carbons (Fsp3) is 0.611. The summed E-state index contributed by atoms with van der Waals surface area (Å²) < 4.78 is 11.6. The quantitative estimate of drug-likeness (QED) is 0.927. The molecule has 4 unspecified atom stereocenters. The van der Waals surface area contributed by atoms with E-state index in [2.05, 4.69) is 17.1 Å². The zero-order valence-electron chi connectivity index (χ0n) is 13.6. The highest BCUT2D eigenvalue weighted by Crippen LogP contribution is 2.33.